The molecule has 2 aromatic rings. The molecule has 4 rings (SSSR count). The van der Waals surface area contributed by atoms with Crippen LogP contribution in [0.25, 0.3) is 0 Å². The molecule has 6 heteroatoms. The van der Waals surface area contributed by atoms with Crippen LogP contribution in [0.5, 0.6) is 0 Å². The van der Waals surface area contributed by atoms with Crippen molar-refractivity contribution in [2.45, 2.75) is 68.9 Å². The highest BCUT2D eigenvalue weighted by molar-refractivity contribution is 5.14. The van der Waals surface area contributed by atoms with Crippen LogP contribution in [0.4, 0.5) is 8.78 Å². The van der Waals surface area contributed by atoms with Gasteiger partial charge in [0.25, 0.3) is 0 Å². The summed E-state index contributed by atoms with van der Waals surface area (Å²) >= 11 is 0. The average Bonchev–Trinajstić information content (AvgIpc) is 3.12. The highest BCUT2D eigenvalue weighted by atomic mass is 19.1. The summed E-state index contributed by atoms with van der Waals surface area (Å²) in [5, 5.41) is 18.7. The second kappa shape index (κ2) is 11.1. The van der Waals surface area contributed by atoms with E-state index in [9.17, 15) is 19.0 Å². The Labute approximate surface area is 182 Å². The molecule has 0 aromatic heterocycles. The van der Waals surface area contributed by atoms with Gasteiger partial charge < -0.3 is 19.7 Å². The zero-order chi connectivity index (χ0) is 22.2. The zero-order valence-corrected chi connectivity index (χ0v) is 17.8. The van der Waals surface area contributed by atoms with Crippen molar-refractivity contribution >= 4 is 0 Å². The first-order chi connectivity index (χ1) is 14.9. The van der Waals surface area contributed by atoms with Crippen molar-refractivity contribution < 1.29 is 28.5 Å². The summed E-state index contributed by atoms with van der Waals surface area (Å²) in [7, 11) is 0. The lowest BCUT2D eigenvalue weighted by Gasteiger charge is -2.39. The van der Waals surface area contributed by atoms with E-state index in [-0.39, 0.29) is 13.2 Å². The van der Waals surface area contributed by atoms with Gasteiger partial charge in [0, 0.05) is 0 Å². The third kappa shape index (κ3) is 6.81. The number of halogens is 2. The minimum absolute atomic E-state index is 0.0109. The van der Waals surface area contributed by atoms with Crippen molar-refractivity contribution in [1.29, 1.82) is 0 Å². The highest BCUT2D eigenvalue weighted by Gasteiger charge is 2.46. The maximum Gasteiger partial charge on any atom is 0.159 e. The van der Waals surface area contributed by atoms with Gasteiger partial charge in [-0.3, -0.25) is 0 Å². The summed E-state index contributed by atoms with van der Waals surface area (Å²) in [6, 6.07) is 19.3. The van der Waals surface area contributed by atoms with Crippen LogP contribution in [0.15, 0.2) is 60.7 Å². The van der Waals surface area contributed by atoms with E-state index in [2.05, 4.69) is 0 Å². The lowest BCUT2D eigenvalue weighted by atomic mass is 9.79. The van der Waals surface area contributed by atoms with Gasteiger partial charge in [0.05, 0.1) is 38.6 Å². The van der Waals surface area contributed by atoms with Crippen molar-refractivity contribution in [3.63, 3.8) is 0 Å². The molecule has 170 valence electrons. The Balaban J connectivity index is 0.000000176. The predicted molar refractivity (Wildman–Crippen MR) is 115 cm³/mol. The number of aliphatic hydroxyl groups excluding tert-OH is 2. The van der Waals surface area contributed by atoms with E-state index >= 15 is 0 Å². The van der Waals surface area contributed by atoms with Gasteiger partial charge in [-0.25, -0.2) is 8.78 Å². The van der Waals surface area contributed by atoms with Crippen molar-refractivity contribution in [2.24, 2.45) is 0 Å². The van der Waals surface area contributed by atoms with Gasteiger partial charge in [-0.05, 0) is 43.2 Å². The normalized spacial score (nSPS) is 29.7. The third-order valence-electron chi connectivity index (χ3n) is 6.00. The van der Waals surface area contributed by atoms with Crippen LogP contribution in [0.1, 0.15) is 43.2 Å². The lowest BCUT2D eigenvalue weighted by Crippen LogP contribution is -2.51. The van der Waals surface area contributed by atoms with Gasteiger partial charge in [-0.2, -0.15) is 0 Å². The molecule has 4 unspecified atom stereocenters. The Morgan fingerprint density at radius 1 is 0.710 bits per heavy atom. The zero-order valence-electron chi connectivity index (χ0n) is 17.8. The van der Waals surface area contributed by atoms with Gasteiger partial charge in [0.2, 0.25) is 0 Å². The number of hydrogen-bond donors (Lipinski definition) is 2. The molecule has 0 aliphatic heterocycles. The molecule has 2 fully saturated rings. The molecule has 2 saturated carbocycles. The molecule has 31 heavy (non-hydrogen) atoms. The fourth-order valence-electron chi connectivity index (χ4n) is 3.76. The smallest absolute Gasteiger partial charge is 0.159 e. The molecule has 4 nitrogen and oxygen atoms in total. The molecule has 0 heterocycles. The fourth-order valence-corrected chi connectivity index (χ4v) is 3.76. The molecule has 2 aromatic carbocycles. The van der Waals surface area contributed by atoms with Gasteiger partial charge in [-0.15, -0.1) is 0 Å². The molecule has 0 bridgehead atoms. The molecule has 2 aliphatic rings. The average molecular weight is 435 g/mol. The summed E-state index contributed by atoms with van der Waals surface area (Å²) in [5.74, 6) is 0. The van der Waals surface area contributed by atoms with Crippen molar-refractivity contribution in [1.82, 2.24) is 0 Å². The quantitative estimate of drug-likeness (QED) is 0.641. The minimum Gasteiger partial charge on any atom is -0.390 e. The van der Waals surface area contributed by atoms with E-state index in [4.69, 9.17) is 9.47 Å². The van der Waals surface area contributed by atoms with Gasteiger partial charge in [-0.1, -0.05) is 60.7 Å². The molecular formula is C25H32F2O4. The molecule has 2 aliphatic carbocycles. The van der Waals surface area contributed by atoms with Crippen LogP contribution in [0.2, 0.25) is 0 Å². The first-order valence-corrected chi connectivity index (χ1v) is 10.9. The monoisotopic (exact) mass is 434 g/mol. The molecule has 0 radical (unpaired) electrons. The van der Waals surface area contributed by atoms with Crippen LogP contribution in [-0.4, -0.2) is 47.0 Å². The number of aliphatic hydroxyl groups is 2. The topological polar surface area (TPSA) is 58.9 Å². The van der Waals surface area contributed by atoms with Gasteiger partial charge in [0.15, 0.2) is 11.3 Å². The van der Waals surface area contributed by atoms with Gasteiger partial charge >= 0.3 is 0 Å². The summed E-state index contributed by atoms with van der Waals surface area (Å²) in [6.45, 7) is 0.782. The maximum absolute atomic E-state index is 14.0. The number of rotatable bonds is 8. The Morgan fingerprint density at radius 2 is 1.16 bits per heavy atom. The first kappa shape index (κ1) is 23.8. The minimum atomic E-state index is -1.53. The first-order valence-electron chi connectivity index (χ1n) is 10.9. The van der Waals surface area contributed by atoms with Crippen LogP contribution < -0.4 is 0 Å². The summed E-state index contributed by atoms with van der Waals surface area (Å²) in [6.07, 6.45) is 0.950. The van der Waals surface area contributed by atoms with Gasteiger partial charge in [0.1, 0.15) is 0 Å². The highest BCUT2D eigenvalue weighted by Crippen LogP contribution is 2.36. The van der Waals surface area contributed by atoms with Crippen molar-refractivity contribution in [3.8, 4) is 0 Å². The van der Waals surface area contributed by atoms with E-state index < -0.39 is 23.5 Å². The van der Waals surface area contributed by atoms with Crippen molar-refractivity contribution in [3.05, 3.63) is 71.8 Å². The third-order valence-corrected chi connectivity index (χ3v) is 6.00. The SMILES string of the molecule is OC1CCC1(F)COCc1ccccc1.OC1CCCC1(F)COCc1ccccc1. The summed E-state index contributed by atoms with van der Waals surface area (Å²) in [5.41, 5.74) is -0.989. The van der Waals surface area contributed by atoms with Crippen LogP contribution >= 0.6 is 0 Å². The Hall–Kier alpha value is -1.86. The van der Waals surface area contributed by atoms with Crippen LogP contribution in [0.3, 0.4) is 0 Å². The number of alkyl halides is 2. The maximum atomic E-state index is 14.0. The van der Waals surface area contributed by atoms with Crippen LogP contribution in [-0.2, 0) is 22.7 Å². The standard InChI is InChI=1S/C13H17FO2.C12H15FO2/c14-13(8-4-7-12(13)15)10-16-9-11-5-2-1-3-6-11;13-12(7-6-11(12)14)9-15-8-10-4-2-1-3-5-10/h1-3,5-6,12,15H,4,7-10H2;1-5,11,14H,6-9H2. The van der Waals surface area contributed by atoms with E-state index in [1.165, 1.54) is 0 Å². The fraction of sp³-hybridized carbons (Fsp3) is 0.520. The molecule has 0 amide bonds. The Bertz CT molecular complexity index is 776. The van der Waals surface area contributed by atoms with Crippen LogP contribution in [0, 0.1) is 0 Å². The summed E-state index contributed by atoms with van der Waals surface area (Å²) < 4.78 is 38.3. The van der Waals surface area contributed by atoms with E-state index in [0.717, 1.165) is 17.5 Å². The second-order valence-electron chi connectivity index (χ2n) is 8.49. The van der Waals surface area contributed by atoms with E-state index in [1.54, 1.807) is 0 Å². The Morgan fingerprint density at radius 3 is 1.52 bits per heavy atom. The molecule has 0 saturated heterocycles. The second-order valence-corrected chi connectivity index (χ2v) is 8.49. The molecule has 0 spiro atoms. The molecule has 4 atom stereocenters. The number of benzene rings is 2. The lowest BCUT2D eigenvalue weighted by molar-refractivity contribution is -0.131. The number of hydrogen-bond acceptors (Lipinski definition) is 4. The summed E-state index contributed by atoms with van der Waals surface area (Å²) in [4.78, 5) is 0. The molecule has 2 N–H and O–H groups in total. The Kier molecular flexibility index (Phi) is 8.55. The number of ether oxygens (including phenoxy) is 2. The largest absolute Gasteiger partial charge is 0.390 e. The van der Waals surface area contributed by atoms with E-state index in [1.807, 2.05) is 60.7 Å². The van der Waals surface area contributed by atoms with E-state index in [0.29, 0.717) is 38.9 Å². The van der Waals surface area contributed by atoms with Crippen molar-refractivity contribution in [2.75, 3.05) is 13.2 Å². The predicted octanol–water partition coefficient (Wildman–Crippen LogP) is 4.52. The molecular weight excluding hydrogens is 402 g/mol.